The van der Waals surface area contributed by atoms with E-state index in [4.69, 9.17) is 27.1 Å². The van der Waals surface area contributed by atoms with Crippen LogP contribution in [0.25, 0.3) is 32.1 Å². The minimum Gasteiger partial charge on any atom is -0.463 e. The van der Waals surface area contributed by atoms with Gasteiger partial charge in [-0.25, -0.2) is 8.78 Å². The number of hydrogen-bond donors (Lipinski definition) is 1. The molecule has 4 rings (SSSR count). The van der Waals surface area contributed by atoms with Crippen LogP contribution in [0.3, 0.4) is 0 Å². The van der Waals surface area contributed by atoms with Gasteiger partial charge in [0, 0.05) is 28.9 Å². The zero-order valence-corrected chi connectivity index (χ0v) is 32.1. The Morgan fingerprint density at radius 3 is 2.40 bits per heavy atom. The lowest BCUT2D eigenvalue weighted by Gasteiger charge is -2.37. The molecule has 0 saturated carbocycles. The maximum absolute atomic E-state index is 17.0. The van der Waals surface area contributed by atoms with Crippen molar-refractivity contribution in [1.29, 1.82) is 5.26 Å². The van der Waals surface area contributed by atoms with E-state index in [2.05, 4.69) is 71.0 Å². The number of fused-ring (bicyclic) bond motifs is 2. The van der Waals surface area contributed by atoms with E-state index >= 15 is 4.39 Å². The monoisotopic (exact) mass is 725 g/mol. The van der Waals surface area contributed by atoms with Gasteiger partial charge in [-0.1, -0.05) is 78.6 Å². The Hall–Kier alpha value is -3.81. The van der Waals surface area contributed by atoms with Crippen LogP contribution in [0, 0.1) is 40.7 Å². The average molecular weight is 726 g/mol. The lowest BCUT2D eigenvalue weighted by atomic mass is 9.90. The first-order chi connectivity index (χ1) is 23.7. The fourth-order valence-corrected chi connectivity index (χ4v) is 7.30. The van der Waals surface area contributed by atoms with Crippen LogP contribution in [-0.4, -0.2) is 34.9 Å². The van der Waals surface area contributed by atoms with E-state index < -0.39 is 11.6 Å². The summed E-state index contributed by atoms with van der Waals surface area (Å²) >= 11 is 7.86. The van der Waals surface area contributed by atoms with Crippen LogP contribution in [0.2, 0.25) is 5.02 Å². The quantitative estimate of drug-likeness (QED) is 0.122. The number of benzene rings is 2. The Balaban J connectivity index is 0.00000126. The van der Waals surface area contributed by atoms with Gasteiger partial charge < -0.3 is 15.4 Å². The number of carbonyl (C=O) groups excluding carboxylic acids is 1. The standard InChI is InChI=1S/C35H44ClF2N5OS.C4H6O/c1-8-11-20(6)18-44-35-41-31-23(34(42-35)43(10-3)27(21(7)9-2)15-12-19(4)5)16-25(36)29(30(31)38)22-13-14-26(37)32-28(22)24(17-39)33(40)45-32;1-3-4(2)5/h13-14,16,19-21,27H,8-12,15,18,40H2,1-7H3;3H,1H2,2H3. The highest BCUT2D eigenvalue weighted by atomic mass is 35.5. The van der Waals surface area contributed by atoms with E-state index in [0.717, 1.165) is 43.4 Å². The molecule has 11 heteroatoms. The molecular weight excluding hydrogens is 676 g/mol. The minimum absolute atomic E-state index is 0.0185. The van der Waals surface area contributed by atoms with E-state index in [9.17, 15) is 14.4 Å². The number of ether oxygens (including phenoxy) is 1. The van der Waals surface area contributed by atoms with Gasteiger partial charge in [0.15, 0.2) is 11.6 Å². The van der Waals surface area contributed by atoms with Gasteiger partial charge >= 0.3 is 6.01 Å². The van der Waals surface area contributed by atoms with Crippen molar-refractivity contribution in [3.05, 3.63) is 53.1 Å². The van der Waals surface area contributed by atoms with Crippen LogP contribution in [-0.2, 0) is 4.79 Å². The molecular formula is C39H50ClF2N5O2S. The van der Waals surface area contributed by atoms with Crippen molar-refractivity contribution in [3.8, 4) is 23.2 Å². The second-order valence-electron chi connectivity index (χ2n) is 13.3. The van der Waals surface area contributed by atoms with E-state index in [1.807, 2.05) is 0 Å². The number of aromatic nitrogens is 2. The smallest absolute Gasteiger partial charge is 0.319 e. The largest absolute Gasteiger partial charge is 0.463 e. The third-order valence-corrected chi connectivity index (χ3v) is 10.3. The summed E-state index contributed by atoms with van der Waals surface area (Å²) in [5.74, 6) is 0.514. The number of halogens is 3. The molecule has 2 heterocycles. The third kappa shape index (κ3) is 9.29. The van der Waals surface area contributed by atoms with Crippen LogP contribution in [0.1, 0.15) is 93.1 Å². The van der Waals surface area contributed by atoms with E-state index in [-0.39, 0.29) is 66.1 Å². The van der Waals surface area contributed by atoms with Gasteiger partial charge in [0.1, 0.15) is 28.2 Å². The Bertz CT molecular complexity index is 1850. The van der Waals surface area contributed by atoms with Crippen LogP contribution in [0.4, 0.5) is 19.6 Å². The van der Waals surface area contributed by atoms with Gasteiger partial charge in [0.2, 0.25) is 0 Å². The predicted octanol–water partition coefficient (Wildman–Crippen LogP) is 11.2. The maximum atomic E-state index is 17.0. The summed E-state index contributed by atoms with van der Waals surface area (Å²) in [6.07, 6.45) is 6.24. The first kappa shape index (κ1) is 40.6. The molecule has 4 aromatic rings. The number of carbonyl (C=O) groups is 1. The van der Waals surface area contributed by atoms with Gasteiger partial charge in [0.25, 0.3) is 0 Å². The second kappa shape index (κ2) is 18.4. The first-order valence-electron chi connectivity index (χ1n) is 17.4. The van der Waals surface area contributed by atoms with Crippen LogP contribution in [0.15, 0.2) is 30.9 Å². The van der Waals surface area contributed by atoms with Crippen molar-refractivity contribution in [2.24, 2.45) is 17.8 Å². The molecule has 0 aliphatic heterocycles. The molecule has 0 aliphatic carbocycles. The van der Waals surface area contributed by atoms with Gasteiger partial charge in [-0.3, -0.25) is 4.79 Å². The van der Waals surface area contributed by atoms with Crippen molar-refractivity contribution < 1.29 is 18.3 Å². The molecule has 0 saturated heterocycles. The molecule has 0 spiro atoms. The summed E-state index contributed by atoms with van der Waals surface area (Å²) in [5.41, 5.74) is 6.54. The lowest BCUT2D eigenvalue weighted by Crippen LogP contribution is -2.41. The highest BCUT2D eigenvalue weighted by Gasteiger charge is 2.29. The highest BCUT2D eigenvalue weighted by Crippen LogP contribution is 2.46. The number of thiophene rings is 1. The van der Waals surface area contributed by atoms with Crippen molar-refractivity contribution in [1.82, 2.24) is 9.97 Å². The van der Waals surface area contributed by atoms with Crippen LogP contribution in [0.5, 0.6) is 6.01 Å². The Morgan fingerprint density at radius 2 is 1.84 bits per heavy atom. The van der Waals surface area contributed by atoms with Crippen molar-refractivity contribution in [2.45, 2.75) is 93.5 Å². The summed E-state index contributed by atoms with van der Waals surface area (Å²) in [4.78, 5) is 21.4. The SMILES string of the molecule is C=CC(C)=O.CCCC(C)COc1nc(N(CC)C(CCC(C)C)C(C)CC)c2cc(Cl)c(-c3ccc(F)c4sc(N)c(C#N)c34)c(F)c2n1. The van der Waals surface area contributed by atoms with E-state index in [1.165, 1.54) is 25.1 Å². The summed E-state index contributed by atoms with van der Waals surface area (Å²) in [6, 6.07) is 6.68. The van der Waals surface area contributed by atoms with Crippen molar-refractivity contribution in [2.75, 3.05) is 23.8 Å². The molecule has 0 aliphatic rings. The molecule has 2 aromatic carbocycles. The number of nitrogens with two attached hydrogens (primary N) is 1. The fraction of sp³-hybridized carbons (Fsp3) is 0.487. The number of ketones is 1. The third-order valence-electron chi connectivity index (χ3n) is 8.96. The summed E-state index contributed by atoms with van der Waals surface area (Å²) in [5, 5.41) is 10.8. The number of rotatable bonds is 15. The van der Waals surface area contributed by atoms with Gasteiger partial charge in [-0.2, -0.15) is 15.2 Å². The number of nitriles is 1. The first-order valence-corrected chi connectivity index (χ1v) is 18.6. The highest BCUT2D eigenvalue weighted by molar-refractivity contribution is 7.23. The molecule has 270 valence electrons. The van der Waals surface area contributed by atoms with E-state index in [1.54, 1.807) is 6.07 Å². The van der Waals surface area contributed by atoms with Gasteiger partial charge in [-0.05, 0) is 74.6 Å². The Morgan fingerprint density at radius 1 is 1.16 bits per heavy atom. The molecule has 3 unspecified atom stereocenters. The maximum Gasteiger partial charge on any atom is 0.319 e. The molecule has 2 aromatic heterocycles. The van der Waals surface area contributed by atoms with Gasteiger partial charge in [-0.15, -0.1) is 11.3 Å². The molecule has 0 radical (unpaired) electrons. The molecule has 0 fully saturated rings. The van der Waals surface area contributed by atoms with Crippen LogP contribution >= 0.6 is 22.9 Å². The number of nitrogens with zero attached hydrogens (tertiary/aromatic N) is 4. The predicted molar refractivity (Wildman–Crippen MR) is 205 cm³/mol. The molecule has 0 amide bonds. The Labute approximate surface area is 304 Å². The number of anilines is 2. The number of nitrogen functional groups attached to an aromatic ring is 1. The Kier molecular flexibility index (Phi) is 15.0. The lowest BCUT2D eigenvalue weighted by molar-refractivity contribution is -0.112. The fourth-order valence-electron chi connectivity index (χ4n) is 6.06. The minimum atomic E-state index is -0.688. The summed E-state index contributed by atoms with van der Waals surface area (Å²) < 4.78 is 38.1. The zero-order valence-electron chi connectivity index (χ0n) is 30.5. The number of allylic oxidation sites excluding steroid dienone is 1. The summed E-state index contributed by atoms with van der Waals surface area (Å²) in [7, 11) is 0. The molecule has 2 N–H and O–H groups in total. The average Bonchev–Trinajstić information content (AvgIpc) is 3.43. The molecule has 7 nitrogen and oxygen atoms in total. The molecule has 3 atom stereocenters. The van der Waals surface area contributed by atoms with Crippen LogP contribution < -0.4 is 15.4 Å². The zero-order chi connectivity index (χ0) is 37.3. The topological polar surface area (TPSA) is 105 Å². The van der Waals surface area contributed by atoms with E-state index in [0.29, 0.717) is 36.2 Å². The normalized spacial score (nSPS) is 13.0. The molecule has 50 heavy (non-hydrogen) atoms. The van der Waals surface area contributed by atoms with Crippen molar-refractivity contribution in [3.63, 3.8) is 0 Å². The molecule has 0 bridgehead atoms. The summed E-state index contributed by atoms with van der Waals surface area (Å²) in [6.45, 7) is 20.9. The van der Waals surface area contributed by atoms with Crippen molar-refractivity contribution >= 4 is 60.5 Å². The second-order valence-corrected chi connectivity index (χ2v) is 14.7. The number of hydrogen-bond acceptors (Lipinski definition) is 8. The van der Waals surface area contributed by atoms with Gasteiger partial charge in [0.05, 0.1) is 21.9 Å².